The van der Waals surface area contributed by atoms with Crippen LogP contribution < -0.4 is 0 Å². The predicted molar refractivity (Wildman–Crippen MR) is 52.3 cm³/mol. The summed E-state index contributed by atoms with van der Waals surface area (Å²) in [5, 5.41) is 0. The van der Waals surface area contributed by atoms with E-state index >= 15 is 0 Å². The van der Waals surface area contributed by atoms with Crippen LogP contribution in [0, 0.1) is 5.92 Å². The van der Waals surface area contributed by atoms with Crippen molar-refractivity contribution in [1.82, 2.24) is 0 Å². The van der Waals surface area contributed by atoms with Crippen LogP contribution in [0.1, 0.15) is 40.0 Å². The van der Waals surface area contributed by atoms with Gasteiger partial charge >= 0.3 is 5.97 Å². The van der Waals surface area contributed by atoms with Crippen molar-refractivity contribution in [2.24, 2.45) is 5.92 Å². The molecule has 0 bridgehead atoms. The van der Waals surface area contributed by atoms with E-state index in [0.29, 0.717) is 0 Å². The number of hydrogen-bond acceptors (Lipinski definition) is 2. The van der Waals surface area contributed by atoms with Gasteiger partial charge in [-0.1, -0.05) is 19.4 Å². The summed E-state index contributed by atoms with van der Waals surface area (Å²) in [6, 6.07) is 0. The molecule has 0 saturated carbocycles. The monoisotopic (exact) mass is 182 g/mol. The Bertz CT molecular complexity index is 218. The molecular weight excluding hydrogens is 164 g/mol. The van der Waals surface area contributed by atoms with Gasteiger partial charge in [0, 0.05) is 0 Å². The summed E-state index contributed by atoms with van der Waals surface area (Å²) in [5.41, 5.74) is 1.34. The molecule has 0 aliphatic heterocycles. The van der Waals surface area contributed by atoms with Gasteiger partial charge in [0.15, 0.2) is 0 Å². The highest BCUT2D eigenvalue weighted by atomic mass is 16.5. The molecule has 1 rings (SSSR count). The molecule has 0 aromatic rings. The predicted octanol–water partition coefficient (Wildman–Crippen LogP) is 2.68. The Morgan fingerprint density at radius 1 is 1.77 bits per heavy atom. The molecule has 0 aromatic carbocycles. The van der Waals surface area contributed by atoms with Crippen LogP contribution >= 0.6 is 0 Å². The molecule has 2 unspecified atom stereocenters. The summed E-state index contributed by atoms with van der Waals surface area (Å²) in [6.45, 7) is 5.99. The Morgan fingerprint density at radius 2 is 2.46 bits per heavy atom. The largest absolute Gasteiger partial charge is 0.458 e. The lowest BCUT2D eigenvalue weighted by molar-refractivity contribution is -0.151. The summed E-state index contributed by atoms with van der Waals surface area (Å²) < 4.78 is 5.32. The lowest BCUT2D eigenvalue weighted by Crippen LogP contribution is -2.19. The van der Waals surface area contributed by atoms with Gasteiger partial charge in [-0.25, -0.2) is 0 Å². The number of carbonyl (C=O) groups excluding carboxylic acids is 1. The van der Waals surface area contributed by atoms with E-state index in [1.165, 1.54) is 5.57 Å². The molecule has 13 heavy (non-hydrogen) atoms. The second-order valence-electron chi connectivity index (χ2n) is 3.84. The fourth-order valence-electron chi connectivity index (χ4n) is 1.38. The van der Waals surface area contributed by atoms with E-state index < -0.39 is 0 Å². The van der Waals surface area contributed by atoms with Gasteiger partial charge < -0.3 is 4.74 Å². The Balaban J connectivity index is 2.37. The molecule has 2 heteroatoms. The first kappa shape index (κ1) is 10.3. The maximum absolute atomic E-state index is 11.4. The van der Waals surface area contributed by atoms with E-state index in [-0.39, 0.29) is 18.0 Å². The lowest BCUT2D eigenvalue weighted by Gasteiger charge is -2.13. The van der Waals surface area contributed by atoms with Crippen molar-refractivity contribution >= 4 is 5.97 Å². The van der Waals surface area contributed by atoms with Crippen molar-refractivity contribution in [3.63, 3.8) is 0 Å². The van der Waals surface area contributed by atoms with Crippen LogP contribution in [-0.2, 0) is 9.53 Å². The van der Waals surface area contributed by atoms with Crippen molar-refractivity contribution in [3.05, 3.63) is 11.6 Å². The zero-order chi connectivity index (χ0) is 9.84. The Labute approximate surface area is 80.0 Å². The zero-order valence-electron chi connectivity index (χ0n) is 8.67. The number of rotatable bonds is 3. The molecule has 2 nitrogen and oxygen atoms in total. The molecular formula is C11H18O2. The summed E-state index contributed by atoms with van der Waals surface area (Å²) in [6.07, 6.45) is 4.99. The number of esters is 1. The third-order valence-electron chi connectivity index (χ3n) is 2.58. The molecule has 1 aliphatic rings. The standard InChI is InChI=1S/C11H18O2/c1-4-9(3)11(12)13-10-6-5-8(2)7-10/h7,9-10H,4-6H2,1-3H3. The first-order valence-electron chi connectivity index (χ1n) is 5.01. The van der Waals surface area contributed by atoms with Crippen LogP contribution in [0.25, 0.3) is 0 Å². The molecule has 0 amide bonds. The minimum absolute atomic E-state index is 0.0364. The van der Waals surface area contributed by atoms with Crippen molar-refractivity contribution in [2.45, 2.75) is 46.1 Å². The van der Waals surface area contributed by atoms with Crippen LogP contribution in [0.3, 0.4) is 0 Å². The maximum Gasteiger partial charge on any atom is 0.309 e. The van der Waals surface area contributed by atoms with E-state index in [1.54, 1.807) is 0 Å². The fourth-order valence-corrected chi connectivity index (χ4v) is 1.38. The van der Waals surface area contributed by atoms with Crippen LogP contribution in [0.15, 0.2) is 11.6 Å². The average molecular weight is 182 g/mol. The van der Waals surface area contributed by atoms with E-state index in [4.69, 9.17) is 4.74 Å². The second-order valence-corrected chi connectivity index (χ2v) is 3.84. The van der Waals surface area contributed by atoms with Gasteiger partial charge in [-0.3, -0.25) is 4.79 Å². The molecule has 0 fully saturated rings. The summed E-state index contributed by atoms with van der Waals surface area (Å²) >= 11 is 0. The first-order valence-corrected chi connectivity index (χ1v) is 5.01. The van der Waals surface area contributed by atoms with Crippen LogP contribution in [0.5, 0.6) is 0 Å². The third-order valence-corrected chi connectivity index (χ3v) is 2.58. The van der Waals surface area contributed by atoms with Crippen LogP contribution in [0.2, 0.25) is 0 Å². The zero-order valence-corrected chi connectivity index (χ0v) is 8.67. The van der Waals surface area contributed by atoms with Gasteiger partial charge in [-0.05, 0) is 32.3 Å². The molecule has 2 atom stereocenters. The maximum atomic E-state index is 11.4. The van der Waals surface area contributed by atoms with E-state index in [0.717, 1.165) is 19.3 Å². The normalized spacial score (nSPS) is 23.9. The van der Waals surface area contributed by atoms with Crippen LogP contribution in [-0.4, -0.2) is 12.1 Å². The quantitative estimate of drug-likeness (QED) is 0.495. The minimum atomic E-state index is -0.0570. The van der Waals surface area contributed by atoms with Gasteiger partial charge in [0.1, 0.15) is 6.10 Å². The summed E-state index contributed by atoms with van der Waals surface area (Å²) in [5.74, 6) is -0.0206. The third kappa shape index (κ3) is 2.87. The number of carbonyl (C=O) groups is 1. The second kappa shape index (κ2) is 4.45. The smallest absolute Gasteiger partial charge is 0.309 e. The van der Waals surface area contributed by atoms with Gasteiger partial charge in [0.25, 0.3) is 0 Å². The first-order chi connectivity index (χ1) is 6.13. The molecule has 1 aliphatic carbocycles. The fraction of sp³-hybridized carbons (Fsp3) is 0.727. The molecule has 0 aromatic heterocycles. The lowest BCUT2D eigenvalue weighted by atomic mass is 10.1. The Kier molecular flexibility index (Phi) is 3.52. The molecule has 0 heterocycles. The van der Waals surface area contributed by atoms with E-state index in [1.807, 2.05) is 13.8 Å². The highest BCUT2D eigenvalue weighted by Gasteiger charge is 2.20. The van der Waals surface area contributed by atoms with Crippen molar-refractivity contribution in [2.75, 3.05) is 0 Å². The van der Waals surface area contributed by atoms with Gasteiger partial charge in [-0.15, -0.1) is 0 Å². The van der Waals surface area contributed by atoms with E-state index in [2.05, 4.69) is 13.0 Å². The Morgan fingerprint density at radius 3 is 2.92 bits per heavy atom. The molecule has 0 saturated heterocycles. The number of allylic oxidation sites excluding steroid dienone is 1. The summed E-state index contributed by atoms with van der Waals surface area (Å²) in [7, 11) is 0. The van der Waals surface area contributed by atoms with Crippen molar-refractivity contribution in [1.29, 1.82) is 0 Å². The molecule has 0 radical (unpaired) electrons. The highest BCUT2D eigenvalue weighted by molar-refractivity contribution is 5.72. The number of hydrogen-bond donors (Lipinski definition) is 0. The molecule has 0 N–H and O–H groups in total. The SMILES string of the molecule is CCC(C)C(=O)OC1C=C(C)CC1. The van der Waals surface area contributed by atoms with Gasteiger partial charge in [0.05, 0.1) is 5.92 Å². The van der Waals surface area contributed by atoms with E-state index in [9.17, 15) is 4.79 Å². The highest BCUT2D eigenvalue weighted by Crippen LogP contribution is 2.21. The summed E-state index contributed by atoms with van der Waals surface area (Å²) in [4.78, 5) is 11.4. The van der Waals surface area contributed by atoms with Gasteiger partial charge in [-0.2, -0.15) is 0 Å². The molecule has 0 spiro atoms. The van der Waals surface area contributed by atoms with Crippen LogP contribution in [0.4, 0.5) is 0 Å². The van der Waals surface area contributed by atoms with Crippen molar-refractivity contribution in [3.8, 4) is 0 Å². The average Bonchev–Trinajstić information content (AvgIpc) is 2.49. The van der Waals surface area contributed by atoms with Crippen molar-refractivity contribution < 1.29 is 9.53 Å². The number of ether oxygens (including phenoxy) is 1. The minimum Gasteiger partial charge on any atom is -0.458 e. The topological polar surface area (TPSA) is 26.3 Å². The van der Waals surface area contributed by atoms with Gasteiger partial charge in [0.2, 0.25) is 0 Å². The Hall–Kier alpha value is -0.790. The molecule has 74 valence electrons.